The Morgan fingerprint density at radius 3 is 0.838 bits per heavy atom. The number of aryl methyl sites for hydroxylation is 8. The molecule has 394 valence electrons. The molecule has 10 aromatic carbocycles. The fourth-order valence-corrected chi connectivity index (χ4v) is 12.1. The molecule has 9 heteroatoms. The zero-order valence-electron chi connectivity index (χ0n) is 45.4. The molecular formula is C71H53F6N3. The first-order chi connectivity index (χ1) is 38.1. The number of nitriles is 1. The summed E-state index contributed by atoms with van der Waals surface area (Å²) in [6.45, 7) is 16.3. The van der Waals surface area contributed by atoms with Crippen LogP contribution in [0.2, 0.25) is 0 Å². The van der Waals surface area contributed by atoms with Crippen molar-refractivity contribution in [1.82, 2.24) is 9.13 Å². The van der Waals surface area contributed by atoms with Gasteiger partial charge in [0.1, 0.15) is 11.6 Å². The third kappa shape index (κ3) is 8.89. The predicted octanol–water partition coefficient (Wildman–Crippen LogP) is 20.6. The van der Waals surface area contributed by atoms with Crippen molar-refractivity contribution in [3.8, 4) is 73.1 Å². The lowest BCUT2D eigenvalue weighted by molar-refractivity contribution is -0.143. The van der Waals surface area contributed by atoms with Gasteiger partial charge in [0, 0.05) is 21.5 Å². The van der Waals surface area contributed by atoms with Gasteiger partial charge in [0.05, 0.1) is 44.6 Å². The van der Waals surface area contributed by atoms with Gasteiger partial charge in [-0.1, -0.05) is 144 Å². The van der Waals surface area contributed by atoms with E-state index < -0.39 is 23.5 Å². The average molecular weight is 1060 g/mol. The Balaban J connectivity index is 1.27. The fourth-order valence-electron chi connectivity index (χ4n) is 12.1. The normalized spacial score (nSPS) is 12.1. The highest BCUT2D eigenvalue weighted by Crippen LogP contribution is 2.46. The molecule has 0 N–H and O–H groups in total. The van der Waals surface area contributed by atoms with E-state index >= 15 is 0 Å². The maximum absolute atomic E-state index is 15.0. The lowest BCUT2D eigenvalue weighted by atomic mass is 9.95. The molecule has 80 heavy (non-hydrogen) atoms. The molecule has 12 rings (SSSR count). The first-order valence-electron chi connectivity index (χ1n) is 26.5. The van der Waals surface area contributed by atoms with Crippen LogP contribution in [0, 0.1) is 66.7 Å². The fraction of sp³-hybridized carbons (Fsp3) is 0.141. The minimum Gasteiger partial charge on any atom is -0.308 e. The van der Waals surface area contributed by atoms with Gasteiger partial charge in [-0.15, -0.1) is 0 Å². The highest BCUT2D eigenvalue weighted by molar-refractivity contribution is 6.13. The molecule has 2 aromatic heterocycles. The largest absolute Gasteiger partial charge is 0.416 e. The van der Waals surface area contributed by atoms with Crippen LogP contribution >= 0.6 is 0 Å². The first-order valence-corrected chi connectivity index (χ1v) is 26.5. The van der Waals surface area contributed by atoms with Crippen LogP contribution in [-0.2, 0) is 12.4 Å². The van der Waals surface area contributed by atoms with E-state index in [1.54, 1.807) is 12.1 Å². The van der Waals surface area contributed by atoms with Gasteiger partial charge in [-0.05, 0) is 188 Å². The van der Waals surface area contributed by atoms with E-state index in [1.165, 1.54) is 0 Å². The average Bonchev–Trinajstić information content (AvgIpc) is 3.18. The monoisotopic (exact) mass is 1060 g/mol. The summed E-state index contributed by atoms with van der Waals surface area (Å²) < 4.78 is 93.8. The molecule has 3 nitrogen and oxygen atoms in total. The molecule has 0 saturated carbocycles. The Morgan fingerprint density at radius 1 is 0.312 bits per heavy atom. The van der Waals surface area contributed by atoms with Gasteiger partial charge in [-0.25, -0.2) is 0 Å². The Morgan fingerprint density at radius 2 is 0.588 bits per heavy atom. The van der Waals surface area contributed by atoms with Gasteiger partial charge in [0.25, 0.3) is 0 Å². The van der Waals surface area contributed by atoms with Crippen LogP contribution in [0.3, 0.4) is 0 Å². The molecule has 0 aliphatic rings. The highest BCUT2D eigenvalue weighted by atomic mass is 19.4. The highest BCUT2D eigenvalue weighted by Gasteiger charge is 2.37. The SMILES string of the molecule is Cc1ccc(-c2ccc3c4ccc(-c5ccc(C)cc5C)cc4n(-c4cc(-c5cc(C(F)(F)F)cc(C(F)(F)F)c5)cc(-n5c6cc(-c7ccc(C)cc7C)ccc6c6ccc(-c7ccc(C)cc7C)cc65)c4C#N)c3c2)c(C)c1. The van der Waals surface area contributed by atoms with Gasteiger partial charge in [-0.3, -0.25) is 0 Å². The minimum atomic E-state index is -5.13. The third-order valence-corrected chi connectivity index (χ3v) is 15.9. The standard InChI is InChI=1S/C71H53F6N3/c1-39-9-17-55(43(5)25-39)47-13-21-59-60-22-14-48(56-18-10-40(2)26-44(56)6)32-65(60)79(64(59)31-47)68-35-52(51-29-53(70(72,73)74)37-54(30-51)71(75,76)77)36-69(63(68)38-78)80-66-33-49(57-19-11-41(3)27-45(57)7)15-23-61(66)62-24-16-50(34-67(62)80)58-20-12-42(4)28-46(58)8/h9-37H,1-8H3. The summed E-state index contributed by atoms with van der Waals surface area (Å²) in [5.41, 5.74) is 16.3. The third-order valence-electron chi connectivity index (χ3n) is 15.9. The van der Waals surface area contributed by atoms with Gasteiger partial charge in [0.15, 0.2) is 0 Å². The lowest BCUT2D eigenvalue weighted by Gasteiger charge is -2.20. The van der Waals surface area contributed by atoms with Crippen molar-refractivity contribution in [3.63, 3.8) is 0 Å². The Kier molecular flexibility index (Phi) is 12.3. The number of rotatable bonds is 7. The van der Waals surface area contributed by atoms with Crippen LogP contribution in [-0.4, -0.2) is 9.13 Å². The summed E-state index contributed by atoms with van der Waals surface area (Å²) in [5, 5.41) is 15.4. The second-order valence-corrected chi connectivity index (χ2v) is 21.7. The Labute approximate surface area is 460 Å². The molecule has 0 unspecified atom stereocenters. The number of aromatic nitrogens is 2. The molecule has 2 heterocycles. The molecule has 0 atom stereocenters. The van der Waals surface area contributed by atoms with Crippen LogP contribution in [0.15, 0.2) is 176 Å². The van der Waals surface area contributed by atoms with E-state index in [2.05, 4.69) is 179 Å². The molecule has 0 radical (unpaired) electrons. The molecule has 12 aromatic rings. The molecule has 0 amide bonds. The number of fused-ring (bicyclic) bond motifs is 6. The van der Waals surface area contributed by atoms with Crippen molar-refractivity contribution in [3.05, 3.63) is 237 Å². The second kappa shape index (κ2) is 19.1. The lowest BCUT2D eigenvalue weighted by Crippen LogP contribution is -2.11. The van der Waals surface area contributed by atoms with Gasteiger partial charge in [-0.2, -0.15) is 31.6 Å². The minimum absolute atomic E-state index is 0.0442. The number of hydrogen-bond acceptors (Lipinski definition) is 1. The molecule has 0 aliphatic heterocycles. The second-order valence-electron chi connectivity index (χ2n) is 21.7. The molecule has 0 bridgehead atoms. The summed E-state index contributed by atoms with van der Waals surface area (Å²) in [6.07, 6.45) is -10.3. The molecule has 0 aliphatic carbocycles. The predicted molar refractivity (Wildman–Crippen MR) is 315 cm³/mol. The zero-order valence-corrected chi connectivity index (χ0v) is 45.4. The molecule has 0 saturated heterocycles. The summed E-state index contributed by atoms with van der Waals surface area (Å²) >= 11 is 0. The van der Waals surface area contributed by atoms with Crippen LogP contribution in [0.1, 0.15) is 61.2 Å². The van der Waals surface area contributed by atoms with E-state index in [9.17, 15) is 31.6 Å². The topological polar surface area (TPSA) is 33.6 Å². The quantitative estimate of drug-likeness (QED) is 0.146. The van der Waals surface area contributed by atoms with E-state index in [-0.39, 0.29) is 34.1 Å². The van der Waals surface area contributed by atoms with Crippen LogP contribution in [0.5, 0.6) is 0 Å². The Hall–Kier alpha value is -9.13. The van der Waals surface area contributed by atoms with Crippen LogP contribution < -0.4 is 0 Å². The van der Waals surface area contributed by atoms with Crippen LogP contribution in [0.4, 0.5) is 26.3 Å². The maximum Gasteiger partial charge on any atom is 0.416 e. The molecule has 0 fully saturated rings. The molecule has 0 spiro atoms. The van der Waals surface area contributed by atoms with E-state index in [0.29, 0.717) is 22.1 Å². The van der Waals surface area contributed by atoms with Crippen molar-refractivity contribution >= 4 is 43.6 Å². The number of alkyl halides is 6. The van der Waals surface area contributed by atoms with E-state index in [0.717, 1.165) is 123 Å². The first kappa shape index (κ1) is 51.6. The number of nitrogens with zero attached hydrogens (tertiary/aromatic N) is 3. The van der Waals surface area contributed by atoms with E-state index in [4.69, 9.17) is 0 Å². The van der Waals surface area contributed by atoms with Crippen molar-refractivity contribution in [2.24, 2.45) is 0 Å². The summed E-state index contributed by atoms with van der Waals surface area (Å²) in [6, 6.07) is 57.1. The number of halogens is 6. The molecular weight excluding hydrogens is 1010 g/mol. The van der Waals surface area contributed by atoms with Crippen molar-refractivity contribution in [1.29, 1.82) is 5.26 Å². The van der Waals surface area contributed by atoms with Crippen molar-refractivity contribution in [2.45, 2.75) is 67.7 Å². The van der Waals surface area contributed by atoms with Gasteiger partial charge < -0.3 is 9.13 Å². The smallest absolute Gasteiger partial charge is 0.308 e. The zero-order chi connectivity index (χ0) is 56.3. The number of benzene rings is 10. The van der Waals surface area contributed by atoms with Gasteiger partial charge in [0.2, 0.25) is 0 Å². The summed E-state index contributed by atoms with van der Waals surface area (Å²) in [4.78, 5) is 0. The Bertz CT molecular complexity index is 4120. The van der Waals surface area contributed by atoms with Crippen molar-refractivity contribution < 1.29 is 26.3 Å². The van der Waals surface area contributed by atoms with Crippen molar-refractivity contribution in [2.75, 3.05) is 0 Å². The number of hydrogen-bond donors (Lipinski definition) is 0. The van der Waals surface area contributed by atoms with Gasteiger partial charge >= 0.3 is 12.4 Å². The van der Waals surface area contributed by atoms with E-state index in [1.807, 2.05) is 36.8 Å². The maximum atomic E-state index is 15.0. The summed E-state index contributed by atoms with van der Waals surface area (Å²) in [7, 11) is 0. The van der Waals surface area contributed by atoms with Crippen LogP contribution in [0.25, 0.3) is 111 Å². The summed E-state index contributed by atoms with van der Waals surface area (Å²) in [5.74, 6) is 0.